The second-order valence-electron chi connectivity index (χ2n) is 5.97. The summed E-state index contributed by atoms with van der Waals surface area (Å²) >= 11 is 5.95. The number of likely N-dealkylation sites (tertiary alicyclic amines) is 1. The number of hydrogen-bond donors (Lipinski definition) is 0. The molecule has 1 saturated heterocycles. The average molecular weight is 326 g/mol. The number of benzene rings is 2. The minimum atomic E-state index is 0.0372. The normalized spacial score (nSPS) is 17.8. The van der Waals surface area contributed by atoms with Crippen LogP contribution in [0.3, 0.4) is 0 Å². The van der Waals surface area contributed by atoms with Gasteiger partial charge in [-0.2, -0.15) is 0 Å². The zero-order valence-electron chi connectivity index (χ0n) is 13.0. The van der Waals surface area contributed by atoms with Crippen LogP contribution in [-0.4, -0.2) is 23.8 Å². The Bertz CT molecular complexity index is 693. The number of Topliss-reactive ketones (excluding diaryl/α,β-unsaturated/α-hetero) is 1. The molecule has 0 radical (unpaired) electrons. The minimum Gasteiger partial charge on any atom is -0.371 e. The fraction of sp³-hybridized carbons (Fsp3) is 0.250. The highest BCUT2D eigenvalue weighted by Crippen LogP contribution is 2.27. The molecule has 1 heterocycles. The Hall–Kier alpha value is -2.06. The molecule has 2 aromatic rings. The summed E-state index contributed by atoms with van der Waals surface area (Å²) in [4.78, 5) is 14.9. The van der Waals surface area contributed by atoms with Crippen molar-refractivity contribution in [2.75, 3.05) is 13.1 Å². The van der Waals surface area contributed by atoms with E-state index in [1.54, 1.807) is 0 Å². The molecular weight excluding hydrogens is 306 g/mol. The molecule has 0 aliphatic carbocycles. The van der Waals surface area contributed by atoms with Gasteiger partial charge in [0.2, 0.25) is 0 Å². The summed E-state index contributed by atoms with van der Waals surface area (Å²) in [6, 6.07) is 17.3. The highest BCUT2D eigenvalue weighted by atomic mass is 35.5. The molecule has 2 nitrogen and oxygen atoms in total. The molecule has 1 atom stereocenters. The van der Waals surface area contributed by atoms with Crippen LogP contribution in [0.25, 0.3) is 5.70 Å². The summed E-state index contributed by atoms with van der Waals surface area (Å²) in [5.41, 5.74) is 2.82. The van der Waals surface area contributed by atoms with Crippen LogP contribution in [0, 0.1) is 5.92 Å². The highest BCUT2D eigenvalue weighted by molar-refractivity contribution is 6.30. The third kappa shape index (κ3) is 3.65. The fourth-order valence-electron chi connectivity index (χ4n) is 3.10. The van der Waals surface area contributed by atoms with Gasteiger partial charge < -0.3 is 4.90 Å². The van der Waals surface area contributed by atoms with Crippen molar-refractivity contribution in [2.24, 2.45) is 5.92 Å². The van der Waals surface area contributed by atoms with Crippen molar-refractivity contribution in [3.63, 3.8) is 0 Å². The van der Waals surface area contributed by atoms with Crippen LogP contribution in [0.1, 0.15) is 28.8 Å². The smallest absolute Gasteiger partial charge is 0.167 e. The van der Waals surface area contributed by atoms with E-state index in [4.69, 9.17) is 11.6 Å². The summed E-state index contributed by atoms with van der Waals surface area (Å²) in [5, 5.41) is 0.720. The van der Waals surface area contributed by atoms with Crippen LogP contribution in [0.15, 0.2) is 61.2 Å². The third-order valence-corrected chi connectivity index (χ3v) is 4.66. The molecule has 3 rings (SSSR count). The van der Waals surface area contributed by atoms with E-state index in [9.17, 15) is 4.79 Å². The summed E-state index contributed by atoms with van der Waals surface area (Å²) < 4.78 is 0. The average Bonchev–Trinajstić information content (AvgIpc) is 2.62. The van der Waals surface area contributed by atoms with E-state index in [2.05, 4.69) is 11.5 Å². The monoisotopic (exact) mass is 325 g/mol. The maximum Gasteiger partial charge on any atom is 0.167 e. The zero-order valence-corrected chi connectivity index (χ0v) is 13.8. The second-order valence-corrected chi connectivity index (χ2v) is 6.41. The zero-order chi connectivity index (χ0) is 16.2. The molecular formula is C20H20ClNO. The predicted octanol–water partition coefficient (Wildman–Crippen LogP) is 4.91. The summed E-state index contributed by atoms with van der Waals surface area (Å²) in [5.74, 6) is 0.273. The largest absolute Gasteiger partial charge is 0.371 e. The van der Waals surface area contributed by atoms with Crippen LogP contribution >= 0.6 is 11.6 Å². The van der Waals surface area contributed by atoms with E-state index < -0.39 is 0 Å². The minimum absolute atomic E-state index is 0.0372. The Morgan fingerprint density at radius 3 is 2.43 bits per heavy atom. The number of rotatable bonds is 4. The molecule has 3 heteroatoms. The van der Waals surface area contributed by atoms with E-state index in [1.807, 2.05) is 54.6 Å². The molecule has 1 unspecified atom stereocenters. The number of carbonyl (C=O) groups excluding carboxylic acids is 1. The van der Waals surface area contributed by atoms with Crippen molar-refractivity contribution < 1.29 is 4.79 Å². The van der Waals surface area contributed by atoms with Gasteiger partial charge in [-0.25, -0.2) is 0 Å². The summed E-state index contributed by atoms with van der Waals surface area (Å²) in [6.07, 6.45) is 1.95. The van der Waals surface area contributed by atoms with E-state index in [-0.39, 0.29) is 11.7 Å². The molecule has 0 spiro atoms. The Morgan fingerprint density at radius 1 is 1.04 bits per heavy atom. The molecule has 1 aliphatic rings. The number of nitrogens with zero attached hydrogens (tertiary/aromatic N) is 1. The van der Waals surface area contributed by atoms with Crippen LogP contribution in [0.5, 0.6) is 0 Å². The first-order valence-electron chi connectivity index (χ1n) is 7.94. The summed E-state index contributed by atoms with van der Waals surface area (Å²) in [7, 11) is 0. The molecule has 0 N–H and O–H groups in total. The molecule has 23 heavy (non-hydrogen) atoms. The van der Waals surface area contributed by atoms with Crippen molar-refractivity contribution in [3.05, 3.63) is 77.3 Å². The molecule has 0 bridgehead atoms. The van der Waals surface area contributed by atoms with Gasteiger partial charge in [-0.3, -0.25) is 4.79 Å². The highest BCUT2D eigenvalue weighted by Gasteiger charge is 2.27. The number of ketones is 1. The molecule has 0 saturated carbocycles. The van der Waals surface area contributed by atoms with Gasteiger partial charge in [-0.05, 0) is 30.5 Å². The van der Waals surface area contributed by atoms with E-state index in [1.165, 1.54) is 0 Å². The molecule has 1 fully saturated rings. The van der Waals surface area contributed by atoms with Gasteiger partial charge in [-0.15, -0.1) is 0 Å². The van der Waals surface area contributed by atoms with Gasteiger partial charge >= 0.3 is 0 Å². The topological polar surface area (TPSA) is 20.3 Å². The SMILES string of the molecule is C=C(c1ccc(Cl)cc1)N1CCCC(C(=O)c2ccccc2)C1. The maximum atomic E-state index is 12.7. The number of hydrogen-bond acceptors (Lipinski definition) is 2. The number of piperidine rings is 1. The van der Waals surface area contributed by atoms with Gasteiger partial charge in [0.15, 0.2) is 5.78 Å². The Balaban J connectivity index is 1.72. The second kappa shape index (κ2) is 7.01. The predicted molar refractivity (Wildman–Crippen MR) is 95.6 cm³/mol. The molecule has 0 aromatic heterocycles. The lowest BCUT2D eigenvalue weighted by molar-refractivity contribution is 0.0862. The van der Waals surface area contributed by atoms with Gasteiger partial charge in [0.1, 0.15) is 0 Å². The fourth-order valence-corrected chi connectivity index (χ4v) is 3.23. The van der Waals surface area contributed by atoms with Gasteiger partial charge in [0.05, 0.1) is 0 Å². The van der Waals surface area contributed by atoms with Crippen LogP contribution < -0.4 is 0 Å². The first kappa shape index (κ1) is 15.8. The summed E-state index contributed by atoms with van der Waals surface area (Å²) in [6.45, 7) is 5.89. The van der Waals surface area contributed by atoms with Gasteiger partial charge in [-0.1, -0.05) is 60.6 Å². The van der Waals surface area contributed by atoms with Crippen molar-refractivity contribution in [1.82, 2.24) is 4.90 Å². The molecule has 1 aliphatic heterocycles. The maximum absolute atomic E-state index is 12.7. The van der Waals surface area contributed by atoms with Crippen molar-refractivity contribution >= 4 is 23.1 Å². The van der Waals surface area contributed by atoms with Crippen LogP contribution in [0.4, 0.5) is 0 Å². The van der Waals surface area contributed by atoms with E-state index in [0.29, 0.717) is 0 Å². The van der Waals surface area contributed by atoms with Crippen LogP contribution in [-0.2, 0) is 0 Å². The number of carbonyl (C=O) groups is 1. The lowest BCUT2D eigenvalue weighted by atomic mass is 9.89. The Kier molecular flexibility index (Phi) is 4.82. The van der Waals surface area contributed by atoms with Crippen molar-refractivity contribution in [2.45, 2.75) is 12.8 Å². The lowest BCUT2D eigenvalue weighted by Crippen LogP contribution is -2.37. The molecule has 118 valence electrons. The third-order valence-electron chi connectivity index (χ3n) is 4.41. The Morgan fingerprint density at radius 2 is 1.74 bits per heavy atom. The van der Waals surface area contributed by atoms with E-state index in [0.717, 1.165) is 47.8 Å². The first-order valence-corrected chi connectivity index (χ1v) is 8.32. The van der Waals surface area contributed by atoms with Crippen LogP contribution in [0.2, 0.25) is 5.02 Å². The molecule has 0 amide bonds. The van der Waals surface area contributed by atoms with E-state index >= 15 is 0 Å². The number of halogens is 1. The lowest BCUT2D eigenvalue weighted by Gasteiger charge is -2.35. The van der Waals surface area contributed by atoms with Crippen molar-refractivity contribution in [1.29, 1.82) is 0 Å². The Labute approximate surface area is 142 Å². The van der Waals surface area contributed by atoms with Crippen molar-refractivity contribution in [3.8, 4) is 0 Å². The standard InChI is InChI=1S/C20H20ClNO/c1-15(16-9-11-19(21)12-10-16)22-13-5-8-18(14-22)20(23)17-6-3-2-4-7-17/h2-4,6-7,9-12,18H,1,5,8,13-14H2. The van der Waals surface area contributed by atoms with Gasteiger partial charge in [0.25, 0.3) is 0 Å². The first-order chi connectivity index (χ1) is 11.1. The van der Waals surface area contributed by atoms with Gasteiger partial charge in [0, 0.05) is 35.3 Å². The molecule has 2 aromatic carbocycles. The quantitative estimate of drug-likeness (QED) is 0.745.